The fraction of sp³-hybridized carbons (Fsp3) is 0.286. The number of carbonyl (C=O) groups excluding carboxylic acids is 1. The van der Waals surface area contributed by atoms with Gasteiger partial charge in [0.2, 0.25) is 5.88 Å². The van der Waals surface area contributed by atoms with Crippen molar-refractivity contribution in [3.05, 3.63) is 47.3 Å². The molecule has 2 aliphatic rings. The highest BCUT2D eigenvalue weighted by Crippen LogP contribution is 2.37. The molecule has 2 aliphatic heterocycles. The monoisotopic (exact) mass is 437 g/mol. The summed E-state index contributed by atoms with van der Waals surface area (Å²) in [6.45, 7) is 6.14. The number of rotatable bonds is 4. The molecule has 0 spiro atoms. The summed E-state index contributed by atoms with van der Waals surface area (Å²) < 4.78 is 5.16. The highest BCUT2D eigenvalue weighted by molar-refractivity contribution is 6.10. The molecule has 1 atom stereocenters. The molecule has 0 radical (unpaired) electrons. The molecule has 11 nitrogen and oxygen atoms in total. The van der Waals surface area contributed by atoms with Crippen molar-refractivity contribution in [2.45, 2.75) is 26.2 Å². The summed E-state index contributed by atoms with van der Waals surface area (Å²) in [5.74, 6) is -1.34. The number of urea groups is 1. The molecule has 5 N–H and O–H groups in total. The number of hydrogen-bond donors (Lipinski definition) is 4. The zero-order chi connectivity index (χ0) is 23.0. The van der Waals surface area contributed by atoms with Gasteiger partial charge in [-0.2, -0.15) is 5.10 Å². The van der Waals surface area contributed by atoms with E-state index in [1.54, 1.807) is 35.3 Å². The minimum Gasteiger partial charge on any atom is -0.481 e. The van der Waals surface area contributed by atoms with Gasteiger partial charge in [-0.15, -0.1) is 0 Å². The Labute approximate surface area is 183 Å². The zero-order valence-electron chi connectivity index (χ0n) is 17.8. The van der Waals surface area contributed by atoms with Gasteiger partial charge in [-0.25, -0.2) is 9.79 Å². The first-order valence-corrected chi connectivity index (χ1v) is 9.89. The number of fused-ring (bicyclic) bond motifs is 1. The molecule has 0 aliphatic carbocycles. The van der Waals surface area contributed by atoms with Crippen LogP contribution >= 0.6 is 0 Å². The third-order valence-corrected chi connectivity index (χ3v) is 5.11. The number of aliphatic carboxylic acids is 1. The molecule has 32 heavy (non-hydrogen) atoms. The Bertz CT molecular complexity index is 1160. The fourth-order valence-corrected chi connectivity index (χ4v) is 3.48. The highest BCUT2D eigenvalue weighted by Gasteiger charge is 2.39. The molecule has 0 fully saturated rings. The number of benzene rings is 1. The summed E-state index contributed by atoms with van der Waals surface area (Å²) >= 11 is 0. The first-order chi connectivity index (χ1) is 15.1. The third-order valence-electron chi connectivity index (χ3n) is 5.11. The second kappa shape index (κ2) is 7.84. The fourth-order valence-electron chi connectivity index (χ4n) is 3.48. The van der Waals surface area contributed by atoms with E-state index < -0.39 is 17.9 Å². The number of anilines is 2. The molecular formula is C21H23N7O4. The Kier molecular flexibility index (Phi) is 5.17. The summed E-state index contributed by atoms with van der Waals surface area (Å²) in [4.78, 5) is 28.1. The lowest BCUT2D eigenvalue weighted by Crippen LogP contribution is -2.29. The maximum Gasteiger partial charge on any atom is 0.326 e. The van der Waals surface area contributed by atoms with Crippen LogP contribution in [-0.2, 0) is 10.2 Å². The predicted molar refractivity (Wildman–Crippen MR) is 119 cm³/mol. The average molecular weight is 437 g/mol. The molecule has 1 unspecified atom stereocenters. The van der Waals surface area contributed by atoms with Crippen LogP contribution in [0.2, 0.25) is 0 Å². The number of carbonyl (C=O) groups is 2. The quantitative estimate of drug-likeness (QED) is 0.572. The Morgan fingerprint density at radius 1 is 1.22 bits per heavy atom. The summed E-state index contributed by atoms with van der Waals surface area (Å²) in [6, 6.07) is 7.96. The number of carboxylic acids is 1. The first-order valence-electron chi connectivity index (χ1n) is 9.89. The van der Waals surface area contributed by atoms with Crippen LogP contribution in [0.5, 0.6) is 0 Å². The van der Waals surface area contributed by atoms with Crippen molar-refractivity contribution < 1.29 is 19.2 Å². The third kappa shape index (κ3) is 4.04. The molecule has 2 amide bonds. The normalized spacial score (nSPS) is 17.8. The number of amidine groups is 1. The largest absolute Gasteiger partial charge is 0.481 e. The van der Waals surface area contributed by atoms with Gasteiger partial charge in [-0.05, 0) is 17.7 Å². The lowest BCUT2D eigenvalue weighted by atomic mass is 9.92. The molecular weight excluding hydrogens is 414 g/mol. The van der Waals surface area contributed by atoms with E-state index in [9.17, 15) is 14.7 Å². The van der Waals surface area contributed by atoms with Crippen LogP contribution in [0.4, 0.5) is 16.4 Å². The lowest BCUT2D eigenvalue weighted by molar-refractivity contribution is -0.139. The lowest BCUT2D eigenvalue weighted by Gasteiger charge is -2.18. The number of hydrazone groups is 1. The summed E-state index contributed by atoms with van der Waals surface area (Å²) in [7, 11) is 0. The number of nitrogens with two attached hydrogens (primary N) is 1. The standard InChI is InChI=1S/C21H23N7O4/c1-21(2,3)14-8-15(32-27-14)26-20(31)25-12-6-4-11(5-7-12)16-13(19(29)30)9-28-17(16)18(22)23-10-24-28/h4-8,10,13H,9H2,1-3H3,(H,29,30)(H2,22,23,24)(H2,25,26,31). The summed E-state index contributed by atoms with van der Waals surface area (Å²) in [6.07, 6.45) is 1.30. The van der Waals surface area contributed by atoms with Gasteiger partial charge < -0.3 is 20.7 Å². The molecule has 0 bridgehead atoms. The molecule has 0 saturated carbocycles. The average Bonchev–Trinajstić information content (AvgIpc) is 3.34. The summed E-state index contributed by atoms with van der Waals surface area (Å²) in [5, 5.41) is 24.6. The number of nitrogens with zero attached hydrogens (tertiary/aromatic N) is 4. The zero-order valence-corrected chi connectivity index (χ0v) is 17.8. The Morgan fingerprint density at radius 2 is 1.94 bits per heavy atom. The molecule has 4 rings (SSSR count). The Hall–Kier alpha value is -4.15. The number of aromatic nitrogens is 1. The van der Waals surface area contributed by atoms with Gasteiger partial charge in [-0.1, -0.05) is 38.1 Å². The van der Waals surface area contributed by atoms with E-state index in [1.165, 1.54) is 6.34 Å². The van der Waals surface area contributed by atoms with E-state index in [-0.39, 0.29) is 23.7 Å². The first kappa shape index (κ1) is 21.1. The number of hydrogen-bond acceptors (Lipinski definition) is 8. The Balaban J connectivity index is 1.50. The van der Waals surface area contributed by atoms with Gasteiger partial charge in [0.1, 0.15) is 18.0 Å². The summed E-state index contributed by atoms with van der Waals surface area (Å²) in [5.41, 5.74) is 8.70. The van der Waals surface area contributed by atoms with Gasteiger partial charge in [0.25, 0.3) is 0 Å². The smallest absolute Gasteiger partial charge is 0.326 e. The van der Waals surface area contributed by atoms with E-state index in [0.717, 1.165) is 5.69 Å². The van der Waals surface area contributed by atoms with Gasteiger partial charge in [-0.3, -0.25) is 15.1 Å². The minimum atomic E-state index is -0.979. The van der Waals surface area contributed by atoms with Gasteiger partial charge in [0.05, 0.1) is 12.2 Å². The van der Waals surface area contributed by atoms with E-state index in [2.05, 4.69) is 25.9 Å². The molecule has 3 heterocycles. The second-order valence-electron chi connectivity index (χ2n) is 8.46. The van der Waals surface area contributed by atoms with Gasteiger partial charge >= 0.3 is 12.0 Å². The minimum absolute atomic E-state index is 0.170. The maximum atomic E-state index is 12.3. The molecule has 0 saturated heterocycles. The predicted octanol–water partition coefficient (Wildman–Crippen LogP) is 2.66. The second-order valence-corrected chi connectivity index (χ2v) is 8.46. The molecule has 1 aromatic heterocycles. The number of carboxylic acid groups (broad SMARTS) is 1. The van der Waals surface area contributed by atoms with Crippen molar-refractivity contribution in [1.82, 2.24) is 10.2 Å². The van der Waals surface area contributed by atoms with Crippen molar-refractivity contribution in [3.63, 3.8) is 0 Å². The molecule has 166 valence electrons. The topological polar surface area (TPSA) is 158 Å². The van der Waals surface area contributed by atoms with Gasteiger partial charge in [0.15, 0.2) is 5.84 Å². The van der Waals surface area contributed by atoms with E-state index in [4.69, 9.17) is 10.3 Å². The van der Waals surface area contributed by atoms with Crippen molar-refractivity contribution in [1.29, 1.82) is 0 Å². The van der Waals surface area contributed by atoms with Crippen molar-refractivity contribution in [2.24, 2.45) is 21.7 Å². The Morgan fingerprint density at radius 3 is 2.56 bits per heavy atom. The van der Waals surface area contributed by atoms with Crippen LogP contribution in [-0.4, -0.2) is 46.0 Å². The van der Waals surface area contributed by atoms with Crippen LogP contribution in [0, 0.1) is 5.92 Å². The molecule has 1 aromatic carbocycles. The van der Waals surface area contributed by atoms with Crippen molar-refractivity contribution >= 4 is 41.3 Å². The van der Waals surface area contributed by atoms with Crippen molar-refractivity contribution in [2.75, 3.05) is 17.2 Å². The van der Waals surface area contributed by atoms with E-state index in [0.29, 0.717) is 22.5 Å². The molecule has 11 heteroatoms. The SMILES string of the molecule is CC(C)(C)c1cc(NC(=O)Nc2ccc(C3=C4C(N)=NC=NN4CC3C(=O)O)cc2)on1. The maximum absolute atomic E-state index is 12.3. The van der Waals surface area contributed by atoms with Crippen LogP contribution in [0.3, 0.4) is 0 Å². The van der Waals surface area contributed by atoms with E-state index in [1.807, 2.05) is 20.8 Å². The van der Waals surface area contributed by atoms with Crippen LogP contribution in [0.15, 0.2) is 50.6 Å². The number of nitrogens with one attached hydrogen (secondary N) is 2. The van der Waals surface area contributed by atoms with Crippen molar-refractivity contribution in [3.8, 4) is 0 Å². The van der Waals surface area contributed by atoms with Gasteiger partial charge in [0, 0.05) is 22.7 Å². The number of amides is 2. The van der Waals surface area contributed by atoms with Crippen LogP contribution in [0.25, 0.3) is 5.57 Å². The van der Waals surface area contributed by atoms with Crippen LogP contribution < -0.4 is 16.4 Å². The number of aliphatic imine (C=N–C) groups is 1. The highest BCUT2D eigenvalue weighted by atomic mass is 16.5. The van der Waals surface area contributed by atoms with E-state index >= 15 is 0 Å². The molecule has 2 aromatic rings. The van der Waals surface area contributed by atoms with Crippen LogP contribution in [0.1, 0.15) is 32.0 Å².